The zero-order valence-electron chi connectivity index (χ0n) is 10.5. The van der Waals surface area contributed by atoms with Crippen LogP contribution in [0.2, 0.25) is 0 Å². The number of hydrogen-bond acceptors (Lipinski definition) is 4. The molecule has 5 nitrogen and oxygen atoms in total. The van der Waals surface area contributed by atoms with Crippen molar-refractivity contribution in [3.05, 3.63) is 55.8 Å². The molecule has 0 aliphatic carbocycles. The molecule has 0 saturated carbocycles. The minimum atomic E-state index is -0.490. The lowest BCUT2D eigenvalue weighted by atomic mass is 10.1. The zero-order valence-corrected chi connectivity index (χ0v) is 11.3. The largest absolute Gasteiger partial charge is 0.316 e. The van der Waals surface area contributed by atoms with E-state index in [2.05, 4.69) is 5.32 Å². The third-order valence-corrected chi connectivity index (χ3v) is 3.67. The Bertz CT molecular complexity index is 636. The Balaban J connectivity index is 2.36. The minimum Gasteiger partial charge on any atom is -0.316 e. The van der Waals surface area contributed by atoms with Gasteiger partial charge in [0, 0.05) is 6.07 Å². The van der Waals surface area contributed by atoms with Crippen LogP contribution >= 0.6 is 11.3 Å². The molecule has 19 heavy (non-hydrogen) atoms. The Labute approximate surface area is 114 Å². The fourth-order valence-electron chi connectivity index (χ4n) is 1.64. The summed E-state index contributed by atoms with van der Waals surface area (Å²) in [6.07, 6.45) is 0. The van der Waals surface area contributed by atoms with Crippen LogP contribution in [0.25, 0.3) is 0 Å². The number of nitrogens with one attached hydrogen (secondary N) is 1. The van der Waals surface area contributed by atoms with Crippen LogP contribution in [0.15, 0.2) is 29.6 Å². The molecule has 98 valence electrons. The first kappa shape index (κ1) is 13.2. The van der Waals surface area contributed by atoms with E-state index in [4.69, 9.17) is 0 Å². The van der Waals surface area contributed by atoms with Gasteiger partial charge in [-0.15, -0.1) is 11.3 Å². The normalized spacial score (nSPS) is 10.2. The van der Waals surface area contributed by atoms with E-state index in [-0.39, 0.29) is 17.3 Å². The second-order valence-electron chi connectivity index (χ2n) is 4.14. The van der Waals surface area contributed by atoms with E-state index in [1.807, 2.05) is 6.92 Å². The standard InChI is InChI=1S/C13H12N2O3S/c1-8-6-10(11(15(17)18)7-9(8)2)14-13(16)12-4-3-5-19-12/h3-7H,1-2H3,(H,14,16). The van der Waals surface area contributed by atoms with Crippen LogP contribution in [0.4, 0.5) is 11.4 Å². The molecule has 1 N–H and O–H groups in total. The molecule has 0 spiro atoms. The molecule has 0 atom stereocenters. The molecule has 0 fully saturated rings. The fourth-order valence-corrected chi connectivity index (χ4v) is 2.26. The number of nitro benzene ring substituents is 1. The lowest BCUT2D eigenvalue weighted by Gasteiger charge is -2.08. The average molecular weight is 276 g/mol. The highest BCUT2D eigenvalue weighted by Crippen LogP contribution is 2.28. The molecule has 0 radical (unpaired) electrons. The lowest BCUT2D eigenvalue weighted by Crippen LogP contribution is -2.12. The van der Waals surface area contributed by atoms with Gasteiger partial charge in [0.05, 0.1) is 9.80 Å². The van der Waals surface area contributed by atoms with Crippen molar-refractivity contribution in [1.82, 2.24) is 0 Å². The Kier molecular flexibility index (Phi) is 3.62. The summed E-state index contributed by atoms with van der Waals surface area (Å²) in [7, 11) is 0. The van der Waals surface area contributed by atoms with Crippen LogP contribution in [0.5, 0.6) is 0 Å². The molecule has 0 aliphatic heterocycles. The summed E-state index contributed by atoms with van der Waals surface area (Å²) < 4.78 is 0. The van der Waals surface area contributed by atoms with Crippen LogP contribution in [0, 0.1) is 24.0 Å². The number of rotatable bonds is 3. The number of hydrogen-bond donors (Lipinski definition) is 1. The van der Waals surface area contributed by atoms with Crippen molar-refractivity contribution < 1.29 is 9.72 Å². The summed E-state index contributed by atoms with van der Waals surface area (Å²) in [6, 6.07) is 6.53. The summed E-state index contributed by atoms with van der Waals surface area (Å²) in [6.45, 7) is 3.65. The number of nitrogens with zero attached hydrogens (tertiary/aromatic N) is 1. The van der Waals surface area contributed by atoms with Crippen molar-refractivity contribution in [1.29, 1.82) is 0 Å². The first-order chi connectivity index (χ1) is 8.99. The maximum atomic E-state index is 11.9. The monoisotopic (exact) mass is 276 g/mol. The number of anilines is 1. The van der Waals surface area contributed by atoms with E-state index in [1.54, 1.807) is 30.5 Å². The summed E-state index contributed by atoms with van der Waals surface area (Å²) >= 11 is 1.29. The number of thiophene rings is 1. The first-order valence-electron chi connectivity index (χ1n) is 5.59. The van der Waals surface area contributed by atoms with Gasteiger partial charge in [-0.25, -0.2) is 0 Å². The maximum Gasteiger partial charge on any atom is 0.293 e. The molecule has 1 amide bonds. The van der Waals surface area contributed by atoms with Gasteiger partial charge in [-0.05, 0) is 42.5 Å². The number of carbonyl (C=O) groups excluding carboxylic acids is 1. The van der Waals surface area contributed by atoms with Crippen LogP contribution < -0.4 is 5.32 Å². The number of carbonyl (C=O) groups is 1. The molecular formula is C13H12N2O3S. The summed E-state index contributed by atoms with van der Waals surface area (Å²) in [4.78, 5) is 23.0. The van der Waals surface area contributed by atoms with Crippen molar-refractivity contribution in [3.8, 4) is 0 Å². The number of amides is 1. The molecule has 1 aromatic carbocycles. The topological polar surface area (TPSA) is 72.2 Å². The van der Waals surface area contributed by atoms with Gasteiger partial charge < -0.3 is 5.32 Å². The molecule has 2 rings (SSSR count). The third kappa shape index (κ3) is 2.79. The predicted octanol–water partition coefficient (Wildman–Crippen LogP) is 3.53. The van der Waals surface area contributed by atoms with Crippen molar-refractivity contribution in [2.24, 2.45) is 0 Å². The average Bonchev–Trinajstić information content (AvgIpc) is 2.86. The van der Waals surface area contributed by atoms with Gasteiger partial charge >= 0.3 is 0 Å². The lowest BCUT2D eigenvalue weighted by molar-refractivity contribution is -0.384. The predicted molar refractivity (Wildman–Crippen MR) is 74.8 cm³/mol. The Morgan fingerprint density at radius 2 is 2.00 bits per heavy atom. The number of nitro groups is 1. The van der Waals surface area contributed by atoms with E-state index in [9.17, 15) is 14.9 Å². The second-order valence-corrected chi connectivity index (χ2v) is 5.09. The smallest absolute Gasteiger partial charge is 0.293 e. The van der Waals surface area contributed by atoms with E-state index in [1.165, 1.54) is 17.4 Å². The van der Waals surface area contributed by atoms with Crippen molar-refractivity contribution in [2.45, 2.75) is 13.8 Å². The highest BCUT2D eigenvalue weighted by atomic mass is 32.1. The number of aryl methyl sites for hydroxylation is 2. The molecule has 1 heterocycles. The van der Waals surface area contributed by atoms with Crippen molar-refractivity contribution >= 4 is 28.6 Å². The summed E-state index contributed by atoms with van der Waals surface area (Å²) in [5.41, 5.74) is 1.85. The molecule has 2 aromatic rings. The minimum absolute atomic E-state index is 0.0898. The molecule has 0 bridgehead atoms. The summed E-state index contributed by atoms with van der Waals surface area (Å²) in [5, 5.41) is 15.4. The highest BCUT2D eigenvalue weighted by Gasteiger charge is 2.18. The van der Waals surface area contributed by atoms with Gasteiger partial charge in [0.2, 0.25) is 0 Å². The van der Waals surface area contributed by atoms with Gasteiger partial charge in [-0.3, -0.25) is 14.9 Å². The first-order valence-corrected chi connectivity index (χ1v) is 6.47. The van der Waals surface area contributed by atoms with E-state index in [0.29, 0.717) is 4.88 Å². The molecule has 6 heteroatoms. The second kappa shape index (κ2) is 5.19. The zero-order chi connectivity index (χ0) is 14.0. The molecule has 1 aromatic heterocycles. The molecule has 0 saturated heterocycles. The van der Waals surface area contributed by atoms with Crippen molar-refractivity contribution in [3.63, 3.8) is 0 Å². The molecule has 0 unspecified atom stereocenters. The summed E-state index contributed by atoms with van der Waals surface area (Å²) in [5.74, 6) is -0.332. The van der Waals surface area contributed by atoms with Gasteiger partial charge in [0.15, 0.2) is 0 Å². The third-order valence-electron chi connectivity index (χ3n) is 2.80. The Morgan fingerprint density at radius 3 is 2.58 bits per heavy atom. The van der Waals surface area contributed by atoms with E-state index < -0.39 is 4.92 Å². The Morgan fingerprint density at radius 1 is 1.32 bits per heavy atom. The van der Waals surface area contributed by atoms with Gasteiger partial charge in [-0.2, -0.15) is 0 Å². The molecule has 0 aliphatic rings. The van der Waals surface area contributed by atoms with Gasteiger partial charge in [-0.1, -0.05) is 6.07 Å². The Hall–Kier alpha value is -2.21. The van der Waals surface area contributed by atoms with Gasteiger partial charge in [0.25, 0.3) is 11.6 Å². The highest BCUT2D eigenvalue weighted by molar-refractivity contribution is 7.12. The fraction of sp³-hybridized carbons (Fsp3) is 0.154. The SMILES string of the molecule is Cc1cc(NC(=O)c2cccs2)c([N+](=O)[O-])cc1C. The quantitative estimate of drug-likeness (QED) is 0.688. The van der Waals surface area contributed by atoms with Crippen LogP contribution in [0.1, 0.15) is 20.8 Å². The number of benzene rings is 1. The molecular weight excluding hydrogens is 264 g/mol. The van der Waals surface area contributed by atoms with Crippen LogP contribution in [0.3, 0.4) is 0 Å². The van der Waals surface area contributed by atoms with Crippen LogP contribution in [-0.2, 0) is 0 Å². The van der Waals surface area contributed by atoms with Crippen molar-refractivity contribution in [2.75, 3.05) is 5.32 Å². The van der Waals surface area contributed by atoms with Crippen LogP contribution in [-0.4, -0.2) is 10.8 Å². The van der Waals surface area contributed by atoms with E-state index >= 15 is 0 Å². The van der Waals surface area contributed by atoms with E-state index in [0.717, 1.165) is 11.1 Å². The maximum absolute atomic E-state index is 11.9. The van der Waals surface area contributed by atoms with Gasteiger partial charge in [0.1, 0.15) is 5.69 Å².